The molecule has 5 nitrogen and oxygen atoms in total. The van der Waals surface area contributed by atoms with Crippen LogP contribution < -0.4 is 5.73 Å². The van der Waals surface area contributed by atoms with E-state index in [9.17, 15) is 4.79 Å². The number of hydrogen-bond donors (Lipinski definition) is 1. The number of aromatic nitrogens is 2. The van der Waals surface area contributed by atoms with Crippen molar-refractivity contribution < 1.29 is 9.53 Å². The summed E-state index contributed by atoms with van der Waals surface area (Å²) in [6.45, 7) is 6.00. The number of amides is 1. The highest BCUT2D eigenvalue weighted by Gasteiger charge is 2.15. The van der Waals surface area contributed by atoms with Gasteiger partial charge in [-0.15, -0.1) is 0 Å². The number of nitrogens with two attached hydrogens (primary N) is 1. The van der Waals surface area contributed by atoms with Crippen LogP contribution in [0.2, 0.25) is 0 Å². The van der Waals surface area contributed by atoms with E-state index in [0.717, 1.165) is 28.1 Å². The number of ether oxygens (including phenoxy) is 1. The molecule has 2 rings (SSSR count). The fourth-order valence-corrected chi connectivity index (χ4v) is 2.47. The lowest BCUT2D eigenvalue weighted by atomic mass is 10.0. The number of carbonyl (C=O) groups is 1. The molecule has 0 aliphatic rings. The molecule has 1 heterocycles. The van der Waals surface area contributed by atoms with Gasteiger partial charge in [-0.2, -0.15) is 5.10 Å². The Morgan fingerprint density at radius 3 is 2.48 bits per heavy atom. The normalized spacial score (nSPS) is 12.4. The first-order valence-electron chi connectivity index (χ1n) is 6.89. The largest absolute Gasteiger partial charge is 0.377 e. The first kappa shape index (κ1) is 15.3. The smallest absolute Gasteiger partial charge is 0.239 e. The highest BCUT2D eigenvalue weighted by molar-refractivity contribution is 5.74. The second-order valence-electron chi connectivity index (χ2n) is 5.17. The average molecular weight is 287 g/mol. The van der Waals surface area contributed by atoms with Crippen molar-refractivity contribution in [1.82, 2.24) is 9.78 Å². The number of benzene rings is 1. The van der Waals surface area contributed by atoms with E-state index < -0.39 is 5.91 Å². The van der Waals surface area contributed by atoms with E-state index in [-0.39, 0.29) is 12.6 Å². The Balaban J connectivity index is 2.38. The second-order valence-corrected chi connectivity index (χ2v) is 5.17. The molecule has 0 spiro atoms. The molecule has 0 radical (unpaired) electrons. The monoisotopic (exact) mass is 287 g/mol. The number of nitrogens with zero attached hydrogens (tertiary/aromatic N) is 2. The fraction of sp³-hybridized carbons (Fsp3) is 0.375. The topological polar surface area (TPSA) is 70.1 Å². The van der Waals surface area contributed by atoms with E-state index in [4.69, 9.17) is 10.5 Å². The summed E-state index contributed by atoms with van der Waals surface area (Å²) >= 11 is 0. The zero-order valence-corrected chi connectivity index (χ0v) is 12.9. The molecular weight excluding hydrogens is 266 g/mol. The Hall–Kier alpha value is -2.14. The van der Waals surface area contributed by atoms with E-state index in [0.29, 0.717) is 0 Å². The number of hydrogen-bond acceptors (Lipinski definition) is 3. The molecule has 0 saturated heterocycles. The summed E-state index contributed by atoms with van der Waals surface area (Å²) in [5, 5.41) is 4.39. The first-order chi connectivity index (χ1) is 9.93. The van der Waals surface area contributed by atoms with Gasteiger partial charge in [-0.3, -0.25) is 9.48 Å². The molecule has 2 aromatic rings. The highest BCUT2D eigenvalue weighted by Crippen LogP contribution is 2.28. The number of aryl methyl sites for hydroxylation is 1. The maximum absolute atomic E-state index is 11.1. The predicted octanol–water partition coefficient (Wildman–Crippen LogP) is 2.36. The lowest BCUT2D eigenvalue weighted by molar-refractivity contribution is -0.118. The lowest BCUT2D eigenvalue weighted by Gasteiger charge is -2.10. The Labute approximate surface area is 124 Å². The van der Waals surface area contributed by atoms with Crippen molar-refractivity contribution in [3.05, 3.63) is 41.2 Å². The first-order valence-corrected chi connectivity index (χ1v) is 6.89. The van der Waals surface area contributed by atoms with E-state index >= 15 is 0 Å². The second kappa shape index (κ2) is 6.10. The summed E-state index contributed by atoms with van der Waals surface area (Å²) in [6, 6.07) is 8.20. The predicted molar refractivity (Wildman–Crippen MR) is 81.8 cm³/mol. The number of primary amides is 1. The van der Waals surface area contributed by atoms with Gasteiger partial charge in [0.15, 0.2) is 0 Å². The molecule has 5 heteroatoms. The molecule has 0 aliphatic heterocycles. The van der Waals surface area contributed by atoms with Crippen LogP contribution in [0.1, 0.15) is 30.0 Å². The van der Waals surface area contributed by atoms with Crippen LogP contribution in [-0.2, 0) is 16.1 Å². The molecule has 0 aliphatic carbocycles. The van der Waals surface area contributed by atoms with Gasteiger partial charge in [-0.1, -0.05) is 24.3 Å². The van der Waals surface area contributed by atoms with Gasteiger partial charge >= 0.3 is 0 Å². The Morgan fingerprint density at radius 2 is 1.95 bits per heavy atom. The van der Waals surface area contributed by atoms with Crippen molar-refractivity contribution in [1.29, 1.82) is 0 Å². The minimum atomic E-state index is -0.392. The van der Waals surface area contributed by atoms with Gasteiger partial charge in [0.25, 0.3) is 0 Å². The molecule has 1 aromatic carbocycles. The van der Waals surface area contributed by atoms with E-state index in [1.54, 1.807) is 11.8 Å². The lowest BCUT2D eigenvalue weighted by Crippen LogP contribution is -2.20. The van der Waals surface area contributed by atoms with Crippen LogP contribution in [0.3, 0.4) is 0 Å². The van der Waals surface area contributed by atoms with Gasteiger partial charge in [-0.05, 0) is 31.9 Å². The molecule has 21 heavy (non-hydrogen) atoms. The zero-order chi connectivity index (χ0) is 15.6. The van der Waals surface area contributed by atoms with Gasteiger partial charge in [0, 0.05) is 18.4 Å². The number of methoxy groups -OCH3 is 1. The van der Waals surface area contributed by atoms with Crippen LogP contribution >= 0.6 is 0 Å². The standard InChI is InChI=1S/C16H21N3O2/c1-10-16(11(2)19(18-10)9-15(17)20)14-7-5-13(6-8-14)12(3)21-4/h5-8,12H,9H2,1-4H3,(H2,17,20). The molecule has 1 unspecified atom stereocenters. The molecule has 1 aromatic heterocycles. The molecular formula is C16H21N3O2. The Bertz CT molecular complexity index is 644. The third-order valence-corrected chi connectivity index (χ3v) is 3.71. The van der Waals surface area contributed by atoms with Crippen molar-refractivity contribution in [2.75, 3.05) is 7.11 Å². The maximum Gasteiger partial charge on any atom is 0.239 e. The third-order valence-electron chi connectivity index (χ3n) is 3.71. The van der Waals surface area contributed by atoms with Crippen molar-refractivity contribution >= 4 is 5.91 Å². The molecule has 0 fully saturated rings. The van der Waals surface area contributed by atoms with Gasteiger partial charge in [-0.25, -0.2) is 0 Å². The van der Waals surface area contributed by atoms with Gasteiger partial charge in [0.2, 0.25) is 5.91 Å². The summed E-state index contributed by atoms with van der Waals surface area (Å²) in [5.74, 6) is -0.392. The molecule has 1 atom stereocenters. The van der Waals surface area contributed by atoms with Crippen LogP contribution in [0.25, 0.3) is 11.1 Å². The zero-order valence-electron chi connectivity index (χ0n) is 12.9. The maximum atomic E-state index is 11.1. The van der Waals surface area contributed by atoms with Gasteiger partial charge in [0.1, 0.15) is 6.54 Å². The summed E-state index contributed by atoms with van der Waals surface area (Å²) in [6.07, 6.45) is 0.0684. The van der Waals surface area contributed by atoms with Crippen LogP contribution in [0.15, 0.2) is 24.3 Å². The van der Waals surface area contributed by atoms with Gasteiger partial charge < -0.3 is 10.5 Å². The molecule has 0 bridgehead atoms. The van der Waals surface area contributed by atoms with Crippen molar-refractivity contribution in [2.24, 2.45) is 5.73 Å². The number of carbonyl (C=O) groups excluding carboxylic acids is 1. The minimum Gasteiger partial charge on any atom is -0.377 e. The molecule has 2 N–H and O–H groups in total. The summed E-state index contributed by atoms with van der Waals surface area (Å²) in [4.78, 5) is 11.1. The van der Waals surface area contributed by atoms with Crippen LogP contribution in [-0.4, -0.2) is 22.8 Å². The van der Waals surface area contributed by atoms with Crippen molar-refractivity contribution in [3.8, 4) is 11.1 Å². The molecule has 0 saturated carbocycles. The number of rotatable bonds is 5. The summed E-state index contributed by atoms with van der Waals surface area (Å²) in [5.41, 5.74) is 10.3. The SMILES string of the molecule is COC(C)c1ccc(-c2c(C)nn(CC(N)=O)c2C)cc1. The van der Waals surface area contributed by atoms with Gasteiger partial charge in [0.05, 0.1) is 11.8 Å². The van der Waals surface area contributed by atoms with E-state index in [2.05, 4.69) is 17.2 Å². The average Bonchev–Trinajstić information content (AvgIpc) is 2.72. The fourth-order valence-electron chi connectivity index (χ4n) is 2.47. The summed E-state index contributed by atoms with van der Waals surface area (Å²) in [7, 11) is 1.70. The molecule has 112 valence electrons. The Morgan fingerprint density at radius 1 is 1.33 bits per heavy atom. The van der Waals surface area contributed by atoms with E-state index in [1.165, 1.54) is 0 Å². The molecule has 1 amide bonds. The van der Waals surface area contributed by atoms with E-state index in [1.807, 2.05) is 32.9 Å². The Kier molecular flexibility index (Phi) is 4.43. The van der Waals surface area contributed by atoms with Crippen LogP contribution in [0.4, 0.5) is 0 Å². The minimum absolute atomic E-state index is 0.0684. The quantitative estimate of drug-likeness (QED) is 0.917. The highest BCUT2D eigenvalue weighted by atomic mass is 16.5. The third kappa shape index (κ3) is 3.13. The van der Waals surface area contributed by atoms with Crippen LogP contribution in [0, 0.1) is 13.8 Å². The van der Waals surface area contributed by atoms with Crippen molar-refractivity contribution in [2.45, 2.75) is 33.4 Å². The van der Waals surface area contributed by atoms with Crippen molar-refractivity contribution in [3.63, 3.8) is 0 Å². The summed E-state index contributed by atoms with van der Waals surface area (Å²) < 4.78 is 6.96. The van der Waals surface area contributed by atoms with Crippen LogP contribution in [0.5, 0.6) is 0 Å².